The zero-order chi connectivity index (χ0) is 29.5. The maximum Gasteiger partial charge on any atom is 0.437 e. The number of benzene rings is 2. The minimum absolute atomic E-state index is 0.0581. The molecule has 0 bridgehead atoms. The molecule has 0 amide bonds. The lowest BCUT2D eigenvalue weighted by molar-refractivity contribution is -0.0606. The van der Waals surface area contributed by atoms with Crippen molar-refractivity contribution in [3.05, 3.63) is 59.7 Å². The molecule has 0 aliphatic heterocycles. The topological polar surface area (TPSA) is 130 Å². The third-order valence-electron chi connectivity index (χ3n) is 4.15. The molecule has 0 heterocycles. The van der Waals surface area contributed by atoms with E-state index in [1.165, 1.54) is 24.3 Å². The van der Waals surface area contributed by atoms with Crippen LogP contribution in [0.15, 0.2) is 58.8 Å². The van der Waals surface area contributed by atoms with Gasteiger partial charge in [0.25, 0.3) is 0 Å². The van der Waals surface area contributed by atoms with Crippen molar-refractivity contribution in [1.82, 2.24) is 0 Å². The van der Waals surface area contributed by atoms with E-state index in [0.29, 0.717) is 12.5 Å². The van der Waals surface area contributed by atoms with Crippen LogP contribution in [-0.2, 0) is 28.8 Å². The van der Waals surface area contributed by atoms with Gasteiger partial charge < -0.3 is 9.47 Å². The second kappa shape index (κ2) is 12.5. The molecule has 0 saturated heterocycles. The Labute approximate surface area is 219 Å². The van der Waals surface area contributed by atoms with Crippen LogP contribution in [0.4, 0.5) is 26.3 Å². The Morgan fingerprint density at radius 2 is 0.949 bits per heavy atom. The fourth-order valence-electron chi connectivity index (χ4n) is 2.60. The first-order chi connectivity index (χ1) is 17.9. The Morgan fingerprint density at radius 1 is 0.641 bits per heavy atom. The average molecular weight is 607 g/mol. The van der Waals surface area contributed by atoms with Gasteiger partial charge in [-0.25, -0.2) is 0 Å². The molecule has 0 aromatic heterocycles. The van der Waals surface area contributed by atoms with E-state index in [1.807, 2.05) is 0 Å². The molecule has 2 rings (SSSR count). The molecule has 10 nitrogen and oxygen atoms in total. The van der Waals surface area contributed by atoms with Gasteiger partial charge in [0.05, 0.1) is 25.7 Å². The highest BCUT2D eigenvalue weighted by Crippen LogP contribution is 2.26. The molecule has 0 N–H and O–H groups in total. The quantitative estimate of drug-likeness (QED) is 0.153. The lowest BCUT2D eigenvalue weighted by Gasteiger charge is -2.12. The maximum absolute atomic E-state index is 13.2. The fourth-order valence-corrected chi connectivity index (χ4v) is 3.02. The molecule has 18 heteroatoms. The summed E-state index contributed by atoms with van der Waals surface area (Å²) in [5.74, 6) is 0.368. The van der Waals surface area contributed by atoms with Crippen LogP contribution < -0.4 is 9.47 Å². The van der Waals surface area contributed by atoms with Gasteiger partial charge in [-0.05, 0) is 48.5 Å². The number of alkyl halides is 6. The molecule has 39 heavy (non-hydrogen) atoms. The van der Waals surface area contributed by atoms with Crippen LogP contribution in [0.3, 0.4) is 0 Å². The molecule has 0 unspecified atom stereocenters. The molecule has 2 aromatic carbocycles. The van der Waals surface area contributed by atoms with E-state index < -0.39 is 55.1 Å². The lowest BCUT2D eigenvalue weighted by Crippen LogP contribution is -2.24. The Kier molecular flexibility index (Phi) is 10.2. The van der Waals surface area contributed by atoms with Gasteiger partial charge in [-0.15, -0.1) is 0 Å². The van der Waals surface area contributed by atoms with Gasteiger partial charge in [0.1, 0.15) is 11.5 Å². The highest BCUT2D eigenvalue weighted by Gasteiger charge is 2.39. The summed E-state index contributed by atoms with van der Waals surface area (Å²) in [4.78, 5) is 0. The number of hydrogen-bond acceptors (Lipinski definition) is 10. The van der Waals surface area contributed by atoms with E-state index in [9.17, 15) is 43.2 Å². The zero-order valence-corrected chi connectivity index (χ0v) is 21.6. The summed E-state index contributed by atoms with van der Waals surface area (Å²) in [6, 6.07) is 8.81. The highest BCUT2D eigenvalue weighted by atomic mass is 32.2. The van der Waals surface area contributed by atoms with Gasteiger partial charge in [-0.2, -0.15) is 43.2 Å². The first-order valence-electron chi connectivity index (χ1n) is 10.4. The summed E-state index contributed by atoms with van der Waals surface area (Å²) >= 11 is 0. The molecule has 0 spiro atoms. The number of oxime groups is 2. The summed E-state index contributed by atoms with van der Waals surface area (Å²) in [6.45, 7) is 0.116. The van der Waals surface area contributed by atoms with Crippen molar-refractivity contribution >= 4 is 31.7 Å². The number of halogens is 6. The van der Waals surface area contributed by atoms with E-state index in [0.717, 1.165) is 24.3 Å². The Balaban J connectivity index is 1.91. The van der Waals surface area contributed by atoms with Gasteiger partial charge in [-0.1, -0.05) is 10.3 Å². The molecular formula is C21H20F6N2O8S2. The van der Waals surface area contributed by atoms with Crippen LogP contribution in [0.2, 0.25) is 0 Å². The molecule has 0 aliphatic carbocycles. The molecule has 0 saturated carbocycles. The van der Waals surface area contributed by atoms with E-state index in [2.05, 4.69) is 18.9 Å². The second-order valence-electron chi connectivity index (χ2n) is 7.53. The Morgan fingerprint density at radius 3 is 1.21 bits per heavy atom. The van der Waals surface area contributed by atoms with Crippen molar-refractivity contribution in [2.45, 2.75) is 18.8 Å². The Hall–Kier alpha value is -3.54. The lowest BCUT2D eigenvalue weighted by atomic mass is 10.1. The minimum atomic E-state index is -4.99. The second-order valence-corrected chi connectivity index (χ2v) is 10.6. The molecule has 2 aromatic rings. The summed E-state index contributed by atoms with van der Waals surface area (Å²) < 4.78 is 141. The van der Waals surface area contributed by atoms with Gasteiger partial charge in [-0.3, -0.25) is 8.57 Å². The van der Waals surface area contributed by atoms with Crippen molar-refractivity contribution in [2.24, 2.45) is 10.3 Å². The fraction of sp³-hybridized carbons (Fsp3) is 0.333. The monoisotopic (exact) mass is 606 g/mol. The Bertz CT molecular complexity index is 1280. The van der Waals surface area contributed by atoms with E-state index in [-0.39, 0.29) is 31.1 Å². The van der Waals surface area contributed by atoms with Crippen molar-refractivity contribution in [3.63, 3.8) is 0 Å². The normalized spacial score (nSPS) is 13.6. The molecule has 0 aliphatic rings. The number of nitrogens with zero attached hydrogens (tertiary/aromatic N) is 2. The largest absolute Gasteiger partial charge is 0.493 e. The number of ether oxygens (including phenoxy) is 2. The van der Waals surface area contributed by atoms with E-state index in [1.54, 1.807) is 0 Å². The summed E-state index contributed by atoms with van der Waals surface area (Å²) in [7, 11) is -8.50. The van der Waals surface area contributed by atoms with Gasteiger partial charge in [0.2, 0.25) is 0 Å². The van der Waals surface area contributed by atoms with Crippen molar-refractivity contribution in [2.75, 3.05) is 25.7 Å². The van der Waals surface area contributed by atoms with Gasteiger partial charge in [0.15, 0.2) is 11.4 Å². The minimum Gasteiger partial charge on any atom is -0.493 e. The first kappa shape index (κ1) is 31.7. The standard InChI is InChI=1S/C21H20F6N2O8S2/c1-38(30,31)36-28-18(20(22,23)24)14-4-8-16(9-5-14)34-12-3-13-35-17-10-6-15(7-11-17)19(21(25,26)27)29-37-39(2,32)33/h4-11H,3,12-13H2,1-2H3/b28-18-,29-19-. The van der Waals surface area contributed by atoms with Crippen LogP contribution in [0.25, 0.3) is 0 Å². The van der Waals surface area contributed by atoms with Gasteiger partial charge in [0, 0.05) is 17.5 Å². The van der Waals surface area contributed by atoms with Gasteiger partial charge >= 0.3 is 32.6 Å². The summed E-state index contributed by atoms with van der Waals surface area (Å²) in [5.41, 5.74) is -4.05. The molecule has 0 fully saturated rings. The van der Waals surface area contributed by atoms with Crippen LogP contribution in [0.5, 0.6) is 11.5 Å². The zero-order valence-electron chi connectivity index (χ0n) is 20.0. The third kappa shape index (κ3) is 11.4. The predicted octanol–water partition coefficient (Wildman–Crippen LogP) is 4.02. The van der Waals surface area contributed by atoms with Crippen LogP contribution in [0.1, 0.15) is 17.5 Å². The van der Waals surface area contributed by atoms with Crippen LogP contribution in [0, 0.1) is 0 Å². The predicted molar refractivity (Wildman–Crippen MR) is 126 cm³/mol. The molecular weight excluding hydrogens is 586 g/mol. The van der Waals surface area contributed by atoms with E-state index in [4.69, 9.17) is 9.47 Å². The SMILES string of the molecule is CS(=O)(=O)O/N=C(/c1ccc(OCCCOc2ccc(/C(=N/OS(C)(=O)=O)C(F)(F)F)cc2)cc1)C(F)(F)F. The molecule has 216 valence electrons. The smallest absolute Gasteiger partial charge is 0.437 e. The third-order valence-corrected chi connectivity index (χ3v) is 4.84. The van der Waals surface area contributed by atoms with Crippen molar-refractivity contribution in [3.8, 4) is 11.5 Å². The van der Waals surface area contributed by atoms with E-state index >= 15 is 0 Å². The number of rotatable bonds is 12. The summed E-state index contributed by atoms with van der Waals surface area (Å²) in [6.07, 6.45) is -8.63. The molecule has 0 atom stereocenters. The van der Waals surface area contributed by atoms with Crippen LogP contribution >= 0.6 is 0 Å². The number of hydrogen-bond donors (Lipinski definition) is 0. The van der Waals surface area contributed by atoms with Crippen molar-refractivity contribution < 1.29 is 61.2 Å². The van der Waals surface area contributed by atoms with Crippen molar-refractivity contribution in [1.29, 1.82) is 0 Å². The summed E-state index contributed by atoms with van der Waals surface area (Å²) in [5, 5.41) is 5.36. The first-order valence-corrected chi connectivity index (χ1v) is 14.0. The van der Waals surface area contributed by atoms with Crippen LogP contribution in [-0.4, -0.2) is 66.3 Å². The maximum atomic E-state index is 13.2. The highest BCUT2D eigenvalue weighted by molar-refractivity contribution is 7.86. The average Bonchev–Trinajstić information content (AvgIpc) is 2.77. The molecule has 0 radical (unpaired) electrons.